The molecule has 4 rings (SSSR count). The zero-order valence-corrected chi connectivity index (χ0v) is 15.4. The molecular weight excluding hydrogens is 340 g/mol. The predicted octanol–water partition coefficient (Wildman–Crippen LogP) is 2.78. The van der Waals surface area contributed by atoms with Crippen molar-refractivity contribution in [3.8, 4) is 0 Å². The highest BCUT2D eigenvalue weighted by Crippen LogP contribution is 2.46. The SMILES string of the molecule is Cc1ccc([C@H]2SC[C@H]3C(=O)N(c4cc(C)n(C)n4)C(=S)N23)cc1. The summed E-state index contributed by atoms with van der Waals surface area (Å²) in [5, 5.41) is 5.07. The first-order chi connectivity index (χ1) is 11.5. The van der Waals surface area contributed by atoms with Crippen molar-refractivity contribution >= 4 is 40.8 Å². The van der Waals surface area contributed by atoms with E-state index in [0.717, 1.165) is 11.4 Å². The molecular formula is C17H18N4OS2. The molecule has 2 aliphatic rings. The Hall–Kier alpha value is -1.86. The molecule has 0 spiro atoms. The number of carbonyl (C=O) groups excluding carboxylic acids is 1. The number of thiocarbonyl (C=S) groups is 1. The average molecular weight is 358 g/mol. The topological polar surface area (TPSA) is 41.4 Å². The van der Waals surface area contributed by atoms with Gasteiger partial charge >= 0.3 is 0 Å². The van der Waals surface area contributed by atoms with Crippen LogP contribution in [0.2, 0.25) is 0 Å². The number of hydrogen-bond donors (Lipinski definition) is 0. The molecule has 0 bridgehead atoms. The minimum atomic E-state index is -0.198. The third-order valence-corrected chi connectivity index (χ3v) is 6.33. The van der Waals surface area contributed by atoms with E-state index in [0.29, 0.717) is 10.9 Å². The smallest absolute Gasteiger partial charge is 0.258 e. The van der Waals surface area contributed by atoms with Gasteiger partial charge in [-0.15, -0.1) is 11.8 Å². The number of aromatic nitrogens is 2. The van der Waals surface area contributed by atoms with E-state index in [1.54, 1.807) is 21.3 Å². The van der Waals surface area contributed by atoms with Crippen LogP contribution < -0.4 is 4.90 Å². The van der Waals surface area contributed by atoms with Gasteiger partial charge < -0.3 is 4.90 Å². The number of aryl methyl sites for hydroxylation is 3. The molecule has 124 valence electrons. The van der Waals surface area contributed by atoms with E-state index >= 15 is 0 Å². The molecule has 2 fully saturated rings. The maximum absolute atomic E-state index is 12.9. The molecule has 1 aromatic carbocycles. The van der Waals surface area contributed by atoms with Gasteiger partial charge in [0.25, 0.3) is 5.91 Å². The lowest BCUT2D eigenvalue weighted by Crippen LogP contribution is -2.33. The molecule has 0 aliphatic carbocycles. The van der Waals surface area contributed by atoms with Crippen LogP contribution in [0.15, 0.2) is 30.3 Å². The molecule has 2 atom stereocenters. The zero-order chi connectivity index (χ0) is 17.0. The quantitative estimate of drug-likeness (QED) is 0.772. The van der Waals surface area contributed by atoms with Crippen molar-refractivity contribution in [2.75, 3.05) is 10.7 Å². The summed E-state index contributed by atoms with van der Waals surface area (Å²) in [5.41, 5.74) is 3.41. The first-order valence-electron chi connectivity index (χ1n) is 7.82. The molecule has 5 nitrogen and oxygen atoms in total. The molecule has 0 saturated carbocycles. The van der Waals surface area contributed by atoms with Crippen molar-refractivity contribution in [3.05, 3.63) is 47.2 Å². The van der Waals surface area contributed by atoms with E-state index in [2.05, 4.69) is 41.2 Å². The highest BCUT2D eigenvalue weighted by atomic mass is 32.2. The molecule has 0 N–H and O–H groups in total. The minimum Gasteiger partial charge on any atom is -0.319 e. The van der Waals surface area contributed by atoms with Crippen LogP contribution in [-0.4, -0.2) is 37.5 Å². The maximum Gasteiger partial charge on any atom is 0.258 e. The molecule has 0 radical (unpaired) electrons. The summed E-state index contributed by atoms with van der Waals surface area (Å²) >= 11 is 7.43. The number of benzene rings is 1. The van der Waals surface area contributed by atoms with Crippen molar-refractivity contribution < 1.29 is 4.79 Å². The lowest BCUT2D eigenvalue weighted by atomic mass is 10.1. The second-order valence-corrected chi connectivity index (χ2v) is 7.72. The summed E-state index contributed by atoms with van der Waals surface area (Å²) < 4.78 is 1.76. The van der Waals surface area contributed by atoms with E-state index < -0.39 is 0 Å². The lowest BCUT2D eigenvalue weighted by molar-refractivity contribution is -0.119. The Bertz CT molecular complexity index is 810. The van der Waals surface area contributed by atoms with Gasteiger partial charge in [-0.3, -0.25) is 9.48 Å². The molecule has 2 aliphatic heterocycles. The summed E-state index contributed by atoms with van der Waals surface area (Å²) in [5.74, 6) is 1.40. The van der Waals surface area contributed by atoms with Gasteiger partial charge in [0.2, 0.25) is 0 Å². The molecule has 1 aromatic heterocycles. The lowest BCUT2D eigenvalue weighted by Gasteiger charge is -2.25. The second kappa shape index (κ2) is 5.60. The van der Waals surface area contributed by atoms with Crippen LogP contribution in [0.3, 0.4) is 0 Å². The van der Waals surface area contributed by atoms with Crippen LogP contribution in [0.4, 0.5) is 5.82 Å². The third-order valence-electron chi connectivity index (χ3n) is 4.61. The Morgan fingerprint density at radius 2 is 1.96 bits per heavy atom. The Morgan fingerprint density at radius 3 is 2.58 bits per heavy atom. The second-order valence-electron chi connectivity index (χ2n) is 6.24. The van der Waals surface area contributed by atoms with Gasteiger partial charge in [0, 0.05) is 24.6 Å². The number of amides is 1. The standard InChI is InChI=1S/C17H18N4OS2/c1-10-4-6-12(7-5-10)16-20-13(9-24-16)15(22)21(17(20)23)14-8-11(2)19(3)18-14/h4-8,13,16H,9H2,1-3H3/t13-,16+/m0/s1. The van der Waals surface area contributed by atoms with Crippen LogP contribution >= 0.6 is 24.0 Å². The van der Waals surface area contributed by atoms with E-state index in [4.69, 9.17) is 12.2 Å². The van der Waals surface area contributed by atoms with Gasteiger partial charge in [0.15, 0.2) is 10.9 Å². The molecule has 1 amide bonds. The first-order valence-corrected chi connectivity index (χ1v) is 9.28. The maximum atomic E-state index is 12.9. The van der Waals surface area contributed by atoms with Gasteiger partial charge in [-0.1, -0.05) is 29.8 Å². The predicted molar refractivity (Wildman–Crippen MR) is 100 cm³/mol. The fourth-order valence-electron chi connectivity index (χ4n) is 3.14. The van der Waals surface area contributed by atoms with Crippen LogP contribution in [0.25, 0.3) is 0 Å². The van der Waals surface area contributed by atoms with Crippen LogP contribution in [-0.2, 0) is 11.8 Å². The van der Waals surface area contributed by atoms with E-state index in [-0.39, 0.29) is 17.3 Å². The average Bonchev–Trinajstić information content (AvgIpc) is 3.18. The van der Waals surface area contributed by atoms with Crippen LogP contribution in [0.5, 0.6) is 0 Å². The van der Waals surface area contributed by atoms with E-state index in [1.165, 1.54) is 11.1 Å². The number of anilines is 1. The highest BCUT2D eigenvalue weighted by molar-refractivity contribution is 7.99. The van der Waals surface area contributed by atoms with Crippen molar-refractivity contribution in [3.63, 3.8) is 0 Å². The monoisotopic (exact) mass is 358 g/mol. The Balaban J connectivity index is 1.68. The van der Waals surface area contributed by atoms with Gasteiger partial charge in [-0.2, -0.15) is 5.10 Å². The summed E-state index contributed by atoms with van der Waals surface area (Å²) in [6.07, 6.45) is 0. The van der Waals surface area contributed by atoms with Gasteiger partial charge in [-0.05, 0) is 31.6 Å². The number of carbonyl (C=O) groups is 1. The number of rotatable bonds is 2. The molecule has 7 heteroatoms. The number of fused-ring (bicyclic) bond motifs is 1. The number of hydrogen-bond acceptors (Lipinski definition) is 4. The molecule has 0 unspecified atom stereocenters. The Kier molecular flexibility index (Phi) is 3.65. The minimum absolute atomic E-state index is 0.0280. The Labute approximate surface area is 150 Å². The molecule has 2 saturated heterocycles. The van der Waals surface area contributed by atoms with Crippen molar-refractivity contribution in [1.29, 1.82) is 0 Å². The third kappa shape index (κ3) is 2.26. The van der Waals surface area contributed by atoms with Crippen LogP contribution in [0.1, 0.15) is 22.2 Å². The van der Waals surface area contributed by atoms with E-state index in [1.807, 2.05) is 20.0 Å². The largest absolute Gasteiger partial charge is 0.319 e. The van der Waals surface area contributed by atoms with Gasteiger partial charge in [-0.25, -0.2) is 4.90 Å². The zero-order valence-electron chi connectivity index (χ0n) is 13.8. The normalized spacial score (nSPS) is 23.3. The summed E-state index contributed by atoms with van der Waals surface area (Å²) in [6, 6.07) is 10.1. The van der Waals surface area contributed by atoms with Crippen molar-refractivity contribution in [2.24, 2.45) is 7.05 Å². The summed E-state index contributed by atoms with van der Waals surface area (Å²) in [7, 11) is 1.87. The van der Waals surface area contributed by atoms with Gasteiger partial charge in [0.05, 0.1) is 0 Å². The molecule has 3 heterocycles. The van der Waals surface area contributed by atoms with Crippen molar-refractivity contribution in [2.45, 2.75) is 25.3 Å². The highest BCUT2D eigenvalue weighted by Gasteiger charge is 2.51. The van der Waals surface area contributed by atoms with Gasteiger partial charge in [0.1, 0.15) is 11.4 Å². The van der Waals surface area contributed by atoms with Crippen molar-refractivity contribution in [1.82, 2.24) is 14.7 Å². The number of nitrogens with zero attached hydrogens (tertiary/aromatic N) is 4. The first kappa shape index (κ1) is 15.7. The van der Waals surface area contributed by atoms with Crippen LogP contribution in [0, 0.1) is 13.8 Å². The summed E-state index contributed by atoms with van der Waals surface area (Å²) in [6.45, 7) is 4.04. The number of thioether (sulfide) groups is 1. The fraction of sp³-hybridized carbons (Fsp3) is 0.353. The Morgan fingerprint density at radius 1 is 1.25 bits per heavy atom. The fourth-order valence-corrected chi connectivity index (χ4v) is 5.05. The molecule has 2 aromatic rings. The van der Waals surface area contributed by atoms with E-state index in [9.17, 15) is 4.79 Å². The summed E-state index contributed by atoms with van der Waals surface area (Å²) in [4.78, 5) is 16.5. The molecule has 24 heavy (non-hydrogen) atoms.